The van der Waals surface area contributed by atoms with Crippen molar-refractivity contribution in [1.82, 2.24) is 4.98 Å². The molecule has 5 heteroatoms. The number of hydrogen-bond acceptors (Lipinski definition) is 3. The van der Waals surface area contributed by atoms with E-state index in [4.69, 9.17) is 0 Å². The number of anilines is 1. The van der Waals surface area contributed by atoms with Crippen LogP contribution in [-0.4, -0.2) is 16.6 Å². The molecule has 0 unspecified atom stereocenters. The Kier molecular flexibility index (Phi) is 4.85. The van der Waals surface area contributed by atoms with E-state index >= 15 is 0 Å². The molecule has 2 aromatic rings. The molecule has 0 saturated carbocycles. The van der Waals surface area contributed by atoms with Gasteiger partial charge in [0, 0.05) is 23.5 Å². The number of aromatic nitrogens is 1. The van der Waals surface area contributed by atoms with Crippen LogP contribution in [0.4, 0.5) is 5.69 Å². The molecule has 2 rings (SSSR count). The minimum Gasteiger partial charge on any atom is -0.354 e. The van der Waals surface area contributed by atoms with Crippen molar-refractivity contribution in [2.24, 2.45) is 0 Å². The molecule has 0 bridgehead atoms. The van der Waals surface area contributed by atoms with Gasteiger partial charge in [0.05, 0.1) is 10.8 Å². The van der Waals surface area contributed by atoms with Crippen molar-refractivity contribution in [2.45, 2.75) is 25.8 Å². The number of hydrogen-bond donors (Lipinski definition) is 2. The Hall–Kier alpha value is -2.01. The highest BCUT2D eigenvalue weighted by Crippen LogP contribution is 2.19. The average molecular weight is 302 g/mol. The maximum atomic E-state index is 12.0. The molecule has 1 aromatic heterocycles. The SMILES string of the molecule is Cc1cc(=O)cc(SCC(=O)Nc2cccc(C)c2C)[nH]1. The highest BCUT2D eigenvalue weighted by Gasteiger charge is 2.07. The molecule has 21 heavy (non-hydrogen) atoms. The fourth-order valence-corrected chi connectivity index (χ4v) is 2.74. The van der Waals surface area contributed by atoms with Crippen LogP contribution in [0.2, 0.25) is 0 Å². The summed E-state index contributed by atoms with van der Waals surface area (Å²) in [5.41, 5.74) is 3.78. The summed E-state index contributed by atoms with van der Waals surface area (Å²) in [6, 6.07) is 8.85. The third-order valence-corrected chi connectivity index (χ3v) is 4.13. The van der Waals surface area contributed by atoms with Crippen LogP contribution in [0.25, 0.3) is 0 Å². The van der Waals surface area contributed by atoms with Crippen molar-refractivity contribution in [3.8, 4) is 0 Å². The zero-order chi connectivity index (χ0) is 15.4. The largest absolute Gasteiger partial charge is 0.354 e. The molecule has 2 N–H and O–H groups in total. The first-order valence-corrected chi connectivity index (χ1v) is 7.64. The Bertz CT molecular complexity index is 722. The second-order valence-electron chi connectivity index (χ2n) is 4.95. The first-order valence-electron chi connectivity index (χ1n) is 6.65. The average Bonchev–Trinajstić information content (AvgIpc) is 2.41. The molecule has 0 spiro atoms. The first kappa shape index (κ1) is 15.4. The van der Waals surface area contributed by atoms with Crippen molar-refractivity contribution in [3.63, 3.8) is 0 Å². The molecule has 0 fully saturated rings. The molecule has 0 atom stereocenters. The van der Waals surface area contributed by atoms with E-state index in [2.05, 4.69) is 10.3 Å². The van der Waals surface area contributed by atoms with Gasteiger partial charge in [0.1, 0.15) is 0 Å². The van der Waals surface area contributed by atoms with Gasteiger partial charge in [-0.1, -0.05) is 23.9 Å². The van der Waals surface area contributed by atoms with Crippen molar-refractivity contribution >= 4 is 23.4 Å². The van der Waals surface area contributed by atoms with Crippen molar-refractivity contribution in [1.29, 1.82) is 0 Å². The van der Waals surface area contributed by atoms with Crippen LogP contribution in [0.3, 0.4) is 0 Å². The van der Waals surface area contributed by atoms with Crippen LogP contribution in [0.1, 0.15) is 16.8 Å². The summed E-state index contributed by atoms with van der Waals surface area (Å²) in [5.74, 6) is 0.170. The van der Waals surface area contributed by atoms with Gasteiger partial charge in [0.25, 0.3) is 0 Å². The van der Waals surface area contributed by atoms with Crippen LogP contribution >= 0.6 is 11.8 Å². The molecule has 0 aliphatic heterocycles. The third kappa shape index (κ3) is 4.23. The normalized spacial score (nSPS) is 10.4. The van der Waals surface area contributed by atoms with Crippen LogP contribution < -0.4 is 10.7 Å². The lowest BCUT2D eigenvalue weighted by Crippen LogP contribution is -2.15. The monoisotopic (exact) mass is 302 g/mol. The van der Waals surface area contributed by atoms with E-state index in [0.717, 1.165) is 22.5 Å². The molecule has 1 heterocycles. The number of nitrogens with one attached hydrogen (secondary N) is 2. The molecule has 0 aliphatic rings. The van der Waals surface area contributed by atoms with Gasteiger partial charge in [0.2, 0.25) is 5.91 Å². The Labute approximate surface area is 128 Å². The number of carbonyl (C=O) groups is 1. The van der Waals surface area contributed by atoms with Crippen molar-refractivity contribution in [3.05, 3.63) is 57.4 Å². The van der Waals surface area contributed by atoms with Gasteiger partial charge < -0.3 is 10.3 Å². The van der Waals surface area contributed by atoms with E-state index in [1.807, 2.05) is 39.0 Å². The molecule has 0 radical (unpaired) electrons. The lowest BCUT2D eigenvalue weighted by molar-refractivity contribution is -0.113. The van der Waals surface area contributed by atoms with E-state index in [1.165, 1.54) is 23.9 Å². The number of aromatic amines is 1. The molecule has 4 nitrogen and oxygen atoms in total. The van der Waals surface area contributed by atoms with Gasteiger partial charge in [-0.15, -0.1) is 0 Å². The standard InChI is InChI=1S/C16H18N2O2S/c1-10-5-4-6-14(12(10)3)18-15(20)9-21-16-8-13(19)7-11(2)17-16/h4-8H,9H2,1-3H3,(H,17,19)(H,18,20). The summed E-state index contributed by atoms with van der Waals surface area (Å²) in [4.78, 5) is 26.5. The minimum absolute atomic E-state index is 0.0521. The summed E-state index contributed by atoms with van der Waals surface area (Å²) in [6.45, 7) is 5.81. The van der Waals surface area contributed by atoms with Crippen molar-refractivity contribution < 1.29 is 4.79 Å². The summed E-state index contributed by atoms with van der Waals surface area (Å²) >= 11 is 1.32. The number of rotatable bonds is 4. The van der Waals surface area contributed by atoms with Gasteiger partial charge in [0.15, 0.2) is 5.43 Å². The van der Waals surface area contributed by atoms with E-state index in [1.54, 1.807) is 0 Å². The first-order chi connectivity index (χ1) is 9.95. The maximum Gasteiger partial charge on any atom is 0.234 e. The number of carbonyl (C=O) groups excluding carboxylic acids is 1. The minimum atomic E-state index is -0.0870. The Balaban J connectivity index is 1.99. The summed E-state index contributed by atoms with van der Waals surface area (Å²) in [7, 11) is 0. The molecule has 0 saturated heterocycles. The summed E-state index contributed by atoms with van der Waals surface area (Å²) in [5, 5.41) is 3.60. The van der Waals surface area contributed by atoms with Gasteiger partial charge in [-0.2, -0.15) is 0 Å². The van der Waals surface area contributed by atoms with Crippen LogP contribution in [0.5, 0.6) is 0 Å². The number of amides is 1. The van der Waals surface area contributed by atoms with Gasteiger partial charge in [-0.3, -0.25) is 9.59 Å². The lowest BCUT2D eigenvalue weighted by atomic mass is 10.1. The Morgan fingerprint density at radius 2 is 2.00 bits per heavy atom. The topological polar surface area (TPSA) is 62.0 Å². The lowest BCUT2D eigenvalue weighted by Gasteiger charge is -2.10. The molecular weight excluding hydrogens is 284 g/mol. The summed E-state index contributed by atoms with van der Waals surface area (Å²) in [6.07, 6.45) is 0. The van der Waals surface area contributed by atoms with E-state index in [0.29, 0.717) is 5.03 Å². The predicted octanol–water partition coefficient (Wildman–Crippen LogP) is 3.03. The van der Waals surface area contributed by atoms with Crippen LogP contribution in [0, 0.1) is 20.8 Å². The second-order valence-corrected chi connectivity index (χ2v) is 5.96. The Morgan fingerprint density at radius 1 is 1.24 bits per heavy atom. The predicted molar refractivity (Wildman–Crippen MR) is 87.1 cm³/mol. The Morgan fingerprint density at radius 3 is 2.71 bits per heavy atom. The number of H-pyrrole nitrogens is 1. The van der Waals surface area contributed by atoms with Crippen molar-refractivity contribution in [2.75, 3.05) is 11.1 Å². The highest BCUT2D eigenvalue weighted by atomic mass is 32.2. The van der Waals surface area contributed by atoms with E-state index in [-0.39, 0.29) is 17.1 Å². The second kappa shape index (κ2) is 6.63. The van der Waals surface area contributed by atoms with Gasteiger partial charge >= 0.3 is 0 Å². The fraction of sp³-hybridized carbons (Fsp3) is 0.250. The zero-order valence-electron chi connectivity index (χ0n) is 12.3. The molecule has 1 amide bonds. The quantitative estimate of drug-likeness (QED) is 0.853. The number of pyridine rings is 1. The van der Waals surface area contributed by atoms with Crippen LogP contribution in [-0.2, 0) is 4.79 Å². The number of thioether (sulfide) groups is 1. The maximum absolute atomic E-state index is 12.0. The van der Waals surface area contributed by atoms with Crippen LogP contribution in [0.15, 0.2) is 40.2 Å². The zero-order valence-corrected chi connectivity index (χ0v) is 13.1. The molecule has 110 valence electrons. The molecule has 1 aromatic carbocycles. The number of aryl methyl sites for hydroxylation is 2. The smallest absolute Gasteiger partial charge is 0.234 e. The van der Waals surface area contributed by atoms with Gasteiger partial charge in [-0.25, -0.2) is 0 Å². The fourth-order valence-electron chi connectivity index (χ4n) is 1.94. The highest BCUT2D eigenvalue weighted by molar-refractivity contribution is 7.99. The van der Waals surface area contributed by atoms with Gasteiger partial charge in [-0.05, 0) is 38.0 Å². The number of benzene rings is 1. The van der Waals surface area contributed by atoms with E-state index in [9.17, 15) is 9.59 Å². The molecular formula is C16H18N2O2S. The van der Waals surface area contributed by atoms with E-state index < -0.39 is 0 Å². The third-order valence-electron chi connectivity index (χ3n) is 3.19. The molecule has 0 aliphatic carbocycles. The summed E-state index contributed by atoms with van der Waals surface area (Å²) < 4.78 is 0.